The number of rotatable bonds is 7. The fraction of sp³-hybridized carbons (Fsp3) is 0.529. The molecule has 0 heterocycles. The topological polar surface area (TPSA) is 60.2 Å². The molecule has 0 aliphatic carbocycles. The van der Waals surface area contributed by atoms with Crippen LogP contribution < -0.4 is 10.6 Å². The van der Waals surface area contributed by atoms with Gasteiger partial charge in [0.05, 0.1) is 11.6 Å². The molecule has 0 saturated heterocycles. The Hall–Kier alpha value is -2.02. The zero-order valence-corrected chi connectivity index (χ0v) is 13.3. The Balaban J connectivity index is 2.42. The molecule has 0 radical (unpaired) electrons. The van der Waals surface area contributed by atoms with Gasteiger partial charge in [0.15, 0.2) is 5.96 Å². The van der Waals surface area contributed by atoms with Gasteiger partial charge in [0.25, 0.3) is 0 Å². The molecule has 1 aromatic carbocycles. The zero-order chi connectivity index (χ0) is 15.5. The van der Waals surface area contributed by atoms with E-state index >= 15 is 0 Å². The zero-order valence-electron chi connectivity index (χ0n) is 13.3. The van der Waals surface area contributed by atoms with Crippen LogP contribution in [-0.2, 0) is 6.54 Å². The summed E-state index contributed by atoms with van der Waals surface area (Å²) in [6, 6.07) is 10.2. The van der Waals surface area contributed by atoms with Gasteiger partial charge < -0.3 is 10.6 Å². The quantitative estimate of drug-likeness (QED) is 0.460. The number of hydrogen-bond acceptors (Lipinski definition) is 2. The van der Waals surface area contributed by atoms with E-state index in [1.54, 1.807) is 7.05 Å². The van der Waals surface area contributed by atoms with Gasteiger partial charge in [0.2, 0.25) is 0 Å². The highest BCUT2D eigenvalue weighted by Crippen LogP contribution is 2.04. The van der Waals surface area contributed by atoms with Gasteiger partial charge in [0.1, 0.15) is 0 Å². The molecule has 0 spiro atoms. The van der Waals surface area contributed by atoms with E-state index in [1.807, 2.05) is 24.3 Å². The molecular formula is C17H26N4. The Morgan fingerprint density at radius 2 is 2.19 bits per heavy atom. The molecule has 1 aromatic rings. The maximum atomic E-state index is 8.90. The van der Waals surface area contributed by atoms with Crippen LogP contribution in [0.15, 0.2) is 29.3 Å². The lowest BCUT2D eigenvalue weighted by atomic mass is 10.1. The molecule has 114 valence electrons. The fourth-order valence-corrected chi connectivity index (χ4v) is 2.14. The lowest BCUT2D eigenvalue weighted by Gasteiger charge is -2.18. The molecule has 1 atom stereocenters. The molecule has 21 heavy (non-hydrogen) atoms. The summed E-state index contributed by atoms with van der Waals surface area (Å²) in [5.74, 6) is 0.807. The standard InChI is InChI=1S/C17H26N4/c1-4-5-6-8-14(2)21-17(19-3)20-13-16-10-7-9-15(11-16)12-18/h7,9-11,14H,4-6,8,13H2,1-3H3,(H2,19,20,21). The van der Waals surface area contributed by atoms with E-state index in [9.17, 15) is 0 Å². The summed E-state index contributed by atoms with van der Waals surface area (Å²) in [4.78, 5) is 4.24. The summed E-state index contributed by atoms with van der Waals surface area (Å²) in [6.07, 6.45) is 4.91. The average molecular weight is 286 g/mol. The Morgan fingerprint density at radius 1 is 1.38 bits per heavy atom. The van der Waals surface area contributed by atoms with Crippen LogP contribution in [0.4, 0.5) is 0 Å². The van der Waals surface area contributed by atoms with Gasteiger partial charge in [-0.2, -0.15) is 5.26 Å². The Morgan fingerprint density at radius 3 is 2.86 bits per heavy atom. The number of guanidine groups is 1. The minimum absolute atomic E-state index is 0.410. The largest absolute Gasteiger partial charge is 0.354 e. The van der Waals surface area contributed by atoms with Crippen molar-refractivity contribution in [1.29, 1.82) is 5.26 Å². The predicted molar refractivity (Wildman–Crippen MR) is 88.1 cm³/mol. The minimum Gasteiger partial charge on any atom is -0.354 e. The number of aliphatic imine (C=N–C) groups is 1. The normalized spacial score (nSPS) is 12.6. The van der Waals surface area contributed by atoms with Crippen LogP contribution in [0.3, 0.4) is 0 Å². The summed E-state index contributed by atoms with van der Waals surface area (Å²) in [5, 5.41) is 15.6. The molecular weight excluding hydrogens is 260 g/mol. The third-order valence-corrected chi connectivity index (χ3v) is 3.36. The van der Waals surface area contributed by atoms with E-state index in [2.05, 4.69) is 35.5 Å². The lowest BCUT2D eigenvalue weighted by molar-refractivity contribution is 0.546. The van der Waals surface area contributed by atoms with Crippen molar-refractivity contribution < 1.29 is 0 Å². The smallest absolute Gasteiger partial charge is 0.191 e. The molecule has 0 aliphatic rings. The summed E-state index contributed by atoms with van der Waals surface area (Å²) in [7, 11) is 1.78. The van der Waals surface area contributed by atoms with E-state index < -0.39 is 0 Å². The van der Waals surface area contributed by atoms with Crippen LogP contribution in [0.1, 0.15) is 50.7 Å². The highest BCUT2D eigenvalue weighted by atomic mass is 15.2. The second kappa shape index (κ2) is 9.82. The van der Waals surface area contributed by atoms with Crippen LogP contribution in [0.5, 0.6) is 0 Å². The fourth-order valence-electron chi connectivity index (χ4n) is 2.14. The molecule has 1 unspecified atom stereocenters. The minimum atomic E-state index is 0.410. The van der Waals surface area contributed by atoms with Crippen molar-refractivity contribution in [3.05, 3.63) is 35.4 Å². The molecule has 4 nitrogen and oxygen atoms in total. The summed E-state index contributed by atoms with van der Waals surface area (Å²) < 4.78 is 0. The molecule has 0 bridgehead atoms. The van der Waals surface area contributed by atoms with Crippen molar-refractivity contribution in [1.82, 2.24) is 10.6 Å². The van der Waals surface area contributed by atoms with E-state index in [4.69, 9.17) is 5.26 Å². The third kappa shape index (κ3) is 6.80. The number of benzene rings is 1. The van der Waals surface area contributed by atoms with E-state index in [-0.39, 0.29) is 0 Å². The van der Waals surface area contributed by atoms with Gasteiger partial charge in [-0.15, -0.1) is 0 Å². The van der Waals surface area contributed by atoms with Crippen molar-refractivity contribution in [2.45, 2.75) is 52.1 Å². The lowest BCUT2D eigenvalue weighted by Crippen LogP contribution is -2.41. The monoisotopic (exact) mass is 286 g/mol. The van der Waals surface area contributed by atoms with Gasteiger partial charge >= 0.3 is 0 Å². The Kier molecular flexibility index (Phi) is 7.96. The Labute approximate surface area is 128 Å². The van der Waals surface area contributed by atoms with Crippen molar-refractivity contribution in [3.63, 3.8) is 0 Å². The maximum absolute atomic E-state index is 8.90. The van der Waals surface area contributed by atoms with Crippen LogP contribution in [0.2, 0.25) is 0 Å². The van der Waals surface area contributed by atoms with Gasteiger partial charge in [-0.3, -0.25) is 4.99 Å². The summed E-state index contributed by atoms with van der Waals surface area (Å²) in [6.45, 7) is 5.06. The first kappa shape index (κ1) is 17.0. The van der Waals surface area contributed by atoms with Gasteiger partial charge in [-0.1, -0.05) is 38.3 Å². The number of nitrogens with one attached hydrogen (secondary N) is 2. The second-order valence-corrected chi connectivity index (χ2v) is 5.28. The SMILES string of the molecule is CCCCCC(C)NC(=NC)NCc1cccc(C#N)c1. The van der Waals surface area contributed by atoms with Gasteiger partial charge in [0, 0.05) is 19.6 Å². The summed E-state index contributed by atoms with van der Waals surface area (Å²) >= 11 is 0. The third-order valence-electron chi connectivity index (χ3n) is 3.36. The molecule has 0 amide bonds. The second-order valence-electron chi connectivity index (χ2n) is 5.28. The average Bonchev–Trinajstić information content (AvgIpc) is 2.51. The van der Waals surface area contributed by atoms with Crippen molar-refractivity contribution in [2.75, 3.05) is 7.05 Å². The van der Waals surface area contributed by atoms with Gasteiger partial charge in [-0.05, 0) is 31.0 Å². The van der Waals surface area contributed by atoms with E-state index in [1.165, 1.54) is 19.3 Å². The Bertz CT molecular complexity index is 488. The van der Waals surface area contributed by atoms with Crippen LogP contribution >= 0.6 is 0 Å². The highest BCUT2D eigenvalue weighted by Gasteiger charge is 2.05. The van der Waals surface area contributed by atoms with Crippen molar-refractivity contribution in [2.24, 2.45) is 4.99 Å². The number of hydrogen-bond donors (Lipinski definition) is 2. The molecule has 1 rings (SSSR count). The number of unbranched alkanes of at least 4 members (excludes halogenated alkanes) is 2. The highest BCUT2D eigenvalue weighted by molar-refractivity contribution is 5.79. The molecule has 0 aromatic heterocycles. The predicted octanol–water partition coefficient (Wildman–Crippen LogP) is 3.19. The maximum Gasteiger partial charge on any atom is 0.191 e. The van der Waals surface area contributed by atoms with Gasteiger partial charge in [-0.25, -0.2) is 0 Å². The number of nitrogens with zero attached hydrogens (tertiary/aromatic N) is 2. The first-order valence-electron chi connectivity index (χ1n) is 7.65. The molecule has 2 N–H and O–H groups in total. The van der Waals surface area contributed by atoms with Crippen LogP contribution in [-0.4, -0.2) is 19.0 Å². The first-order chi connectivity index (χ1) is 10.2. The van der Waals surface area contributed by atoms with E-state index in [0.717, 1.165) is 17.9 Å². The number of nitriles is 1. The van der Waals surface area contributed by atoms with E-state index in [0.29, 0.717) is 18.2 Å². The molecule has 0 saturated carbocycles. The molecule has 4 heteroatoms. The van der Waals surface area contributed by atoms with Crippen LogP contribution in [0, 0.1) is 11.3 Å². The molecule has 0 fully saturated rings. The van der Waals surface area contributed by atoms with Crippen LogP contribution in [0.25, 0.3) is 0 Å². The summed E-state index contributed by atoms with van der Waals surface area (Å²) in [5.41, 5.74) is 1.76. The van der Waals surface area contributed by atoms with Crippen molar-refractivity contribution in [3.8, 4) is 6.07 Å². The first-order valence-corrected chi connectivity index (χ1v) is 7.65. The van der Waals surface area contributed by atoms with Crippen molar-refractivity contribution >= 4 is 5.96 Å². The molecule has 0 aliphatic heterocycles.